The predicted octanol–water partition coefficient (Wildman–Crippen LogP) is 11.0. The van der Waals surface area contributed by atoms with E-state index in [0.717, 1.165) is 26.6 Å². The maximum atomic E-state index is 4.27. The Kier molecular flexibility index (Phi) is 34.1. The number of aryl methyl sites for hydroxylation is 2. The lowest BCUT2D eigenvalue weighted by Crippen LogP contribution is -1.73. The monoisotopic (exact) mass is 530 g/mol. The Bertz CT molecular complexity index is 982. The minimum absolute atomic E-state index is 1.00. The molecule has 0 spiro atoms. The van der Waals surface area contributed by atoms with Crippen molar-refractivity contribution in [3.05, 3.63) is 84.8 Å². The van der Waals surface area contributed by atoms with Gasteiger partial charge in [-0.25, -0.2) is 9.97 Å². The molecule has 0 aliphatic rings. The van der Waals surface area contributed by atoms with Crippen LogP contribution in [0.15, 0.2) is 74.1 Å². The zero-order valence-corrected chi connectivity index (χ0v) is 26.5. The first-order valence-electron chi connectivity index (χ1n) is 12.6. The summed E-state index contributed by atoms with van der Waals surface area (Å²) in [7, 11) is 0. The number of pyridine rings is 2. The first-order valence-corrected chi connectivity index (χ1v) is 14.2. The summed E-state index contributed by atoms with van der Waals surface area (Å²) in [5.74, 6) is 0. The lowest BCUT2D eigenvalue weighted by Gasteiger charge is -1.83. The number of rotatable bonds is 1. The third kappa shape index (κ3) is 20.7. The largest absolute Gasteiger partial charge is 0.253 e. The Balaban J connectivity index is -0.000000184. The maximum absolute atomic E-state index is 4.27. The van der Waals surface area contributed by atoms with E-state index >= 15 is 0 Å². The molecule has 4 heterocycles. The minimum Gasteiger partial charge on any atom is -0.253 e. The molecule has 4 aromatic heterocycles. The molecule has 0 saturated heterocycles. The van der Waals surface area contributed by atoms with Crippen LogP contribution in [0.1, 0.15) is 79.9 Å². The highest BCUT2D eigenvalue weighted by atomic mass is 32.1. The molecule has 4 aromatic rings. The molecule has 0 fully saturated rings. The van der Waals surface area contributed by atoms with Gasteiger partial charge < -0.3 is 0 Å². The highest BCUT2D eigenvalue weighted by Crippen LogP contribution is 2.18. The van der Waals surface area contributed by atoms with Crippen molar-refractivity contribution in [1.82, 2.24) is 19.3 Å². The van der Waals surface area contributed by atoms with E-state index in [1.54, 1.807) is 35.9 Å². The van der Waals surface area contributed by atoms with Crippen LogP contribution < -0.4 is 0 Å². The van der Waals surface area contributed by atoms with E-state index in [4.69, 9.17) is 0 Å². The summed E-state index contributed by atoms with van der Waals surface area (Å²) in [4.78, 5) is 13.6. The first-order chi connectivity index (χ1) is 17.4. The summed E-state index contributed by atoms with van der Waals surface area (Å²) in [6.07, 6.45) is 6.86. The highest BCUT2D eigenvalue weighted by Gasteiger charge is 1.99. The molecule has 4 rings (SSSR count). The van der Waals surface area contributed by atoms with Crippen LogP contribution in [0, 0.1) is 13.8 Å². The summed E-state index contributed by atoms with van der Waals surface area (Å²) in [6.45, 7) is 34.2. The molecule has 0 N–H and O–H groups in total. The lowest BCUT2D eigenvalue weighted by molar-refractivity contribution is 1.31. The van der Waals surface area contributed by atoms with Gasteiger partial charge in [-0.1, -0.05) is 97.6 Å². The van der Waals surface area contributed by atoms with E-state index in [2.05, 4.69) is 39.1 Å². The van der Waals surface area contributed by atoms with Gasteiger partial charge >= 0.3 is 0 Å². The third-order valence-corrected chi connectivity index (χ3v) is 4.62. The Morgan fingerprint density at radius 1 is 0.806 bits per heavy atom. The van der Waals surface area contributed by atoms with Crippen molar-refractivity contribution in [2.45, 2.75) is 83.1 Å². The zero-order valence-electron chi connectivity index (χ0n) is 24.8. The number of aromatic nitrogens is 4. The van der Waals surface area contributed by atoms with Crippen molar-refractivity contribution in [1.29, 1.82) is 0 Å². The quantitative estimate of drug-likeness (QED) is 0.181. The van der Waals surface area contributed by atoms with Gasteiger partial charge in [-0.2, -0.15) is 4.37 Å². The van der Waals surface area contributed by atoms with Crippen LogP contribution in [0.2, 0.25) is 0 Å². The summed E-state index contributed by atoms with van der Waals surface area (Å²) in [5.41, 5.74) is 4.23. The second-order valence-corrected chi connectivity index (χ2v) is 7.84. The van der Waals surface area contributed by atoms with E-state index in [9.17, 15) is 0 Å². The summed E-state index contributed by atoms with van der Waals surface area (Å²) < 4.78 is 5.34. The SMILES string of the molecule is C=C(C)C.C=CC=C.CC.CC.CC.CC.Cc1nc2cccnc2s1.Cc1nsc2cccnc12. The van der Waals surface area contributed by atoms with Gasteiger partial charge in [-0.3, -0.25) is 4.98 Å². The number of fused-ring (bicyclic) bond motifs is 2. The lowest BCUT2D eigenvalue weighted by atomic mass is 10.3. The average molecular weight is 531 g/mol. The molecule has 0 amide bonds. The van der Waals surface area contributed by atoms with E-state index in [1.165, 1.54) is 21.8 Å². The van der Waals surface area contributed by atoms with Crippen LogP contribution in [0.3, 0.4) is 0 Å². The number of allylic oxidation sites excluding steroid dienone is 3. The molecule has 202 valence electrons. The van der Waals surface area contributed by atoms with Gasteiger partial charge in [0.05, 0.1) is 15.4 Å². The second-order valence-electron chi connectivity index (χ2n) is 5.86. The third-order valence-electron chi connectivity index (χ3n) is 2.83. The van der Waals surface area contributed by atoms with Crippen molar-refractivity contribution >= 4 is 43.4 Å². The van der Waals surface area contributed by atoms with Crippen LogP contribution in [0.25, 0.3) is 20.6 Å². The van der Waals surface area contributed by atoms with Gasteiger partial charge in [0, 0.05) is 12.4 Å². The molecule has 0 bridgehead atoms. The fourth-order valence-electron chi connectivity index (χ4n) is 1.78. The molecular weight excluding hydrogens is 480 g/mol. The number of hydrogen-bond donors (Lipinski definition) is 0. The van der Waals surface area contributed by atoms with Crippen LogP contribution in [-0.4, -0.2) is 19.3 Å². The van der Waals surface area contributed by atoms with Gasteiger partial charge in [0.25, 0.3) is 0 Å². The molecule has 0 atom stereocenters. The molecule has 0 aromatic carbocycles. The highest BCUT2D eigenvalue weighted by molar-refractivity contribution is 7.18. The van der Waals surface area contributed by atoms with E-state index < -0.39 is 0 Å². The maximum Gasteiger partial charge on any atom is 0.143 e. The van der Waals surface area contributed by atoms with Gasteiger partial charge in [-0.05, 0) is 63.5 Å². The molecule has 0 unspecified atom stereocenters. The van der Waals surface area contributed by atoms with Crippen molar-refractivity contribution in [2.24, 2.45) is 0 Å². The van der Waals surface area contributed by atoms with Gasteiger partial charge in [0.15, 0.2) is 0 Å². The Hall–Kier alpha value is -2.70. The molecule has 4 nitrogen and oxygen atoms in total. The first kappa shape index (κ1) is 40.5. The molecule has 0 radical (unpaired) electrons. The van der Waals surface area contributed by atoms with Crippen molar-refractivity contribution in [3.8, 4) is 0 Å². The van der Waals surface area contributed by atoms with Gasteiger partial charge in [0.2, 0.25) is 0 Å². The average Bonchev–Trinajstić information content (AvgIpc) is 3.50. The molecule has 0 saturated carbocycles. The molecule has 0 aliphatic carbocycles. The summed E-state index contributed by atoms with van der Waals surface area (Å²) >= 11 is 3.13. The van der Waals surface area contributed by atoms with Crippen molar-refractivity contribution < 1.29 is 0 Å². The van der Waals surface area contributed by atoms with Crippen molar-refractivity contribution in [3.63, 3.8) is 0 Å². The fourth-order valence-corrected chi connectivity index (χ4v) is 3.28. The molecule has 0 aliphatic heterocycles. The molecule has 36 heavy (non-hydrogen) atoms. The topological polar surface area (TPSA) is 51.6 Å². The van der Waals surface area contributed by atoms with Gasteiger partial charge in [-0.15, -0.1) is 6.58 Å². The molecule has 6 heteroatoms. The Labute approximate surface area is 230 Å². The normalized spacial score (nSPS) is 7.78. The number of hydrogen-bond acceptors (Lipinski definition) is 6. The summed E-state index contributed by atoms with van der Waals surface area (Å²) in [5, 5.41) is 1.08. The van der Waals surface area contributed by atoms with E-state index in [-0.39, 0.29) is 0 Å². The zero-order chi connectivity index (χ0) is 28.9. The number of nitrogens with zero attached hydrogens (tertiary/aromatic N) is 4. The Morgan fingerprint density at radius 3 is 1.72 bits per heavy atom. The van der Waals surface area contributed by atoms with Gasteiger partial charge in [0.1, 0.15) is 15.9 Å². The molecular formula is C30H50N4S2. The smallest absolute Gasteiger partial charge is 0.143 e. The van der Waals surface area contributed by atoms with Crippen LogP contribution >= 0.6 is 22.9 Å². The van der Waals surface area contributed by atoms with Crippen LogP contribution in [-0.2, 0) is 0 Å². The van der Waals surface area contributed by atoms with Crippen LogP contribution in [0.4, 0.5) is 0 Å². The fraction of sp³-hybridized carbons (Fsp3) is 0.400. The number of thiazole rings is 1. The van der Waals surface area contributed by atoms with Crippen LogP contribution in [0.5, 0.6) is 0 Å². The second kappa shape index (κ2) is 30.3. The van der Waals surface area contributed by atoms with Crippen molar-refractivity contribution in [2.75, 3.05) is 0 Å². The Morgan fingerprint density at radius 2 is 1.28 bits per heavy atom. The standard InChI is InChI=1S/2C7H6N2S.C4H8.C4H6.4C2H6/c1-5-9-6-3-2-4-8-7(6)10-5;1-5-7-6(10-9-5)3-2-4-8-7;1-4(2)3;1-3-4-2;4*1-2/h2*2-4H,1H3;1H2,2-3H3;3-4H,1-2H2;4*1-2H3. The summed E-state index contributed by atoms with van der Waals surface area (Å²) in [6, 6.07) is 7.85. The van der Waals surface area contributed by atoms with E-state index in [1.807, 2.05) is 107 Å². The minimum atomic E-state index is 1.00. The predicted molar refractivity (Wildman–Crippen MR) is 171 cm³/mol. The van der Waals surface area contributed by atoms with E-state index in [0.29, 0.717) is 0 Å².